The average molecular weight is 408 g/mol. The SMILES string of the molecule is O=C(NC1C(=O)NC(SCc2ccccc2)=NC12CCCCC2)c1ccccc1. The quantitative estimate of drug-likeness (QED) is 0.807. The largest absolute Gasteiger partial charge is 0.338 e. The van der Waals surface area contributed by atoms with E-state index in [0.717, 1.165) is 37.9 Å². The Balaban J connectivity index is 1.54. The van der Waals surface area contributed by atoms with E-state index in [1.165, 1.54) is 5.56 Å². The van der Waals surface area contributed by atoms with Crippen LogP contribution in [-0.4, -0.2) is 28.6 Å². The lowest BCUT2D eigenvalue weighted by Crippen LogP contribution is -2.64. The molecule has 2 aromatic carbocycles. The molecule has 5 nitrogen and oxygen atoms in total. The lowest BCUT2D eigenvalue weighted by atomic mass is 9.75. The Hall–Kier alpha value is -2.60. The Morgan fingerprint density at radius 2 is 1.69 bits per heavy atom. The van der Waals surface area contributed by atoms with E-state index in [4.69, 9.17) is 4.99 Å². The summed E-state index contributed by atoms with van der Waals surface area (Å²) in [6.07, 6.45) is 4.81. The number of aliphatic imine (C=N–C) groups is 1. The minimum atomic E-state index is -0.642. The molecule has 0 aromatic heterocycles. The van der Waals surface area contributed by atoms with Gasteiger partial charge in [0.25, 0.3) is 11.8 Å². The molecule has 29 heavy (non-hydrogen) atoms. The minimum absolute atomic E-state index is 0.165. The van der Waals surface area contributed by atoms with Crippen LogP contribution >= 0.6 is 11.8 Å². The molecule has 2 aliphatic rings. The number of nitrogens with one attached hydrogen (secondary N) is 2. The highest BCUT2D eigenvalue weighted by Crippen LogP contribution is 2.37. The van der Waals surface area contributed by atoms with Crippen molar-refractivity contribution in [1.82, 2.24) is 10.6 Å². The summed E-state index contributed by atoms with van der Waals surface area (Å²) in [5.74, 6) is 0.352. The number of carbonyl (C=O) groups excluding carboxylic acids is 2. The van der Waals surface area contributed by atoms with E-state index < -0.39 is 11.6 Å². The van der Waals surface area contributed by atoms with Crippen molar-refractivity contribution >= 4 is 28.7 Å². The normalized spacial score (nSPS) is 20.6. The topological polar surface area (TPSA) is 70.6 Å². The minimum Gasteiger partial charge on any atom is -0.338 e. The predicted octanol–water partition coefficient (Wildman–Crippen LogP) is 3.91. The molecule has 6 heteroatoms. The molecule has 1 heterocycles. The Labute approximate surface area is 175 Å². The van der Waals surface area contributed by atoms with Gasteiger partial charge in [-0.25, -0.2) is 0 Å². The van der Waals surface area contributed by atoms with Gasteiger partial charge in [0.1, 0.15) is 6.04 Å². The van der Waals surface area contributed by atoms with Crippen LogP contribution in [0.5, 0.6) is 0 Å². The molecule has 1 saturated carbocycles. The fourth-order valence-corrected chi connectivity index (χ4v) is 4.99. The molecule has 1 aliphatic carbocycles. The predicted molar refractivity (Wildman–Crippen MR) is 117 cm³/mol. The number of amides is 2. The summed E-state index contributed by atoms with van der Waals surface area (Å²) in [6.45, 7) is 0. The Morgan fingerprint density at radius 3 is 2.38 bits per heavy atom. The van der Waals surface area contributed by atoms with Crippen LogP contribution in [0.4, 0.5) is 0 Å². The maximum absolute atomic E-state index is 13.0. The summed E-state index contributed by atoms with van der Waals surface area (Å²) in [5, 5.41) is 6.56. The van der Waals surface area contributed by atoms with Crippen molar-refractivity contribution in [2.24, 2.45) is 4.99 Å². The Bertz CT molecular complexity index is 893. The van der Waals surface area contributed by atoms with Crippen LogP contribution < -0.4 is 10.6 Å². The molecule has 1 spiro atoms. The summed E-state index contributed by atoms with van der Waals surface area (Å²) < 4.78 is 0. The maximum Gasteiger partial charge on any atom is 0.251 e. The van der Waals surface area contributed by atoms with Crippen LogP contribution in [0, 0.1) is 0 Å². The van der Waals surface area contributed by atoms with E-state index in [1.807, 2.05) is 36.4 Å². The highest BCUT2D eigenvalue weighted by atomic mass is 32.2. The second-order valence-electron chi connectivity index (χ2n) is 7.62. The van der Waals surface area contributed by atoms with E-state index in [-0.39, 0.29) is 11.8 Å². The third-order valence-electron chi connectivity index (χ3n) is 5.60. The zero-order chi connectivity index (χ0) is 20.1. The molecule has 0 saturated heterocycles. The lowest BCUT2D eigenvalue weighted by molar-refractivity contribution is -0.124. The van der Waals surface area contributed by atoms with Gasteiger partial charge in [-0.05, 0) is 30.5 Å². The number of rotatable bonds is 4. The molecule has 1 atom stereocenters. The van der Waals surface area contributed by atoms with Gasteiger partial charge >= 0.3 is 0 Å². The zero-order valence-corrected chi connectivity index (χ0v) is 17.1. The van der Waals surface area contributed by atoms with Gasteiger partial charge < -0.3 is 10.6 Å². The molecular weight excluding hydrogens is 382 g/mol. The summed E-state index contributed by atoms with van der Waals surface area (Å²) in [5.41, 5.74) is 1.19. The first-order chi connectivity index (χ1) is 14.2. The number of amidine groups is 1. The molecule has 0 radical (unpaired) electrons. The number of thioether (sulfide) groups is 1. The van der Waals surface area contributed by atoms with Crippen molar-refractivity contribution in [2.45, 2.75) is 49.4 Å². The Kier molecular flexibility index (Phi) is 6.00. The first-order valence-electron chi connectivity index (χ1n) is 10.1. The number of hydrogen-bond donors (Lipinski definition) is 2. The first-order valence-corrected chi connectivity index (χ1v) is 11.1. The van der Waals surface area contributed by atoms with Crippen molar-refractivity contribution in [3.05, 3.63) is 71.8 Å². The smallest absolute Gasteiger partial charge is 0.251 e. The second-order valence-corrected chi connectivity index (χ2v) is 8.58. The first kappa shape index (κ1) is 19.7. The standard InChI is InChI=1S/C23H25N3O2S/c27-20(18-12-6-2-7-13-18)24-19-21(28)25-22(26-23(19)14-8-3-9-15-23)29-16-17-10-4-1-5-11-17/h1-2,4-7,10-13,19H,3,8-9,14-16H2,(H,24,27)(H,25,26,28). The van der Waals surface area contributed by atoms with Gasteiger partial charge in [0.2, 0.25) is 0 Å². The van der Waals surface area contributed by atoms with Crippen LogP contribution in [0.3, 0.4) is 0 Å². The lowest BCUT2D eigenvalue weighted by Gasteiger charge is -2.42. The van der Waals surface area contributed by atoms with E-state index in [9.17, 15) is 9.59 Å². The molecule has 1 unspecified atom stereocenters. The molecule has 4 rings (SSSR count). The number of hydrogen-bond acceptors (Lipinski definition) is 4. The van der Waals surface area contributed by atoms with Gasteiger partial charge in [-0.1, -0.05) is 79.6 Å². The van der Waals surface area contributed by atoms with Crippen LogP contribution in [-0.2, 0) is 10.5 Å². The maximum atomic E-state index is 13.0. The van der Waals surface area contributed by atoms with Crippen LogP contribution in [0.15, 0.2) is 65.7 Å². The van der Waals surface area contributed by atoms with Gasteiger partial charge in [-0.3, -0.25) is 14.6 Å². The number of benzene rings is 2. The highest BCUT2D eigenvalue weighted by molar-refractivity contribution is 8.13. The van der Waals surface area contributed by atoms with Gasteiger partial charge in [0.15, 0.2) is 5.17 Å². The molecule has 2 aromatic rings. The highest BCUT2D eigenvalue weighted by Gasteiger charge is 2.48. The zero-order valence-electron chi connectivity index (χ0n) is 16.3. The second kappa shape index (κ2) is 8.82. The van der Waals surface area contributed by atoms with Crippen LogP contribution in [0.1, 0.15) is 48.0 Å². The number of carbonyl (C=O) groups is 2. The van der Waals surface area contributed by atoms with Gasteiger partial charge in [0.05, 0.1) is 5.54 Å². The van der Waals surface area contributed by atoms with Crippen molar-refractivity contribution in [3.8, 4) is 0 Å². The third kappa shape index (κ3) is 4.53. The van der Waals surface area contributed by atoms with Crippen LogP contribution in [0.2, 0.25) is 0 Å². The molecule has 2 N–H and O–H groups in total. The molecular formula is C23H25N3O2S. The average Bonchev–Trinajstić information content (AvgIpc) is 2.77. The van der Waals surface area contributed by atoms with E-state index in [1.54, 1.807) is 23.9 Å². The van der Waals surface area contributed by atoms with Crippen LogP contribution in [0.25, 0.3) is 0 Å². The summed E-state index contributed by atoms with van der Waals surface area (Å²) in [6, 6.07) is 18.5. The Morgan fingerprint density at radius 1 is 1.03 bits per heavy atom. The molecule has 1 fully saturated rings. The van der Waals surface area contributed by atoms with Gasteiger partial charge in [-0.2, -0.15) is 0 Å². The van der Waals surface area contributed by atoms with Crippen molar-refractivity contribution in [3.63, 3.8) is 0 Å². The molecule has 1 aliphatic heterocycles. The fraction of sp³-hybridized carbons (Fsp3) is 0.348. The molecule has 2 amide bonds. The van der Waals surface area contributed by atoms with Crippen molar-refractivity contribution < 1.29 is 9.59 Å². The van der Waals surface area contributed by atoms with Crippen molar-refractivity contribution in [1.29, 1.82) is 0 Å². The van der Waals surface area contributed by atoms with E-state index >= 15 is 0 Å². The monoisotopic (exact) mass is 407 g/mol. The van der Waals surface area contributed by atoms with Gasteiger partial charge in [-0.15, -0.1) is 0 Å². The van der Waals surface area contributed by atoms with E-state index in [2.05, 4.69) is 22.8 Å². The third-order valence-corrected chi connectivity index (χ3v) is 6.55. The summed E-state index contributed by atoms with van der Waals surface area (Å²) >= 11 is 1.54. The molecule has 0 bridgehead atoms. The summed E-state index contributed by atoms with van der Waals surface area (Å²) in [4.78, 5) is 30.8. The number of nitrogens with zero attached hydrogens (tertiary/aromatic N) is 1. The van der Waals surface area contributed by atoms with Crippen molar-refractivity contribution in [2.75, 3.05) is 0 Å². The van der Waals surface area contributed by atoms with E-state index in [0.29, 0.717) is 10.7 Å². The fourth-order valence-electron chi connectivity index (χ4n) is 4.08. The summed E-state index contributed by atoms with van der Waals surface area (Å²) in [7, 11) is 0. The molecule has 150 valence electrons. The van der Waals surface area contributed by atoms with Gasteiger partial charge in [0, 0.05) is 11.3 Å².